The summed E-state index contributed by atoms with van der Waals surface area (Å²) in [4.78, 5) is 28.5. The van der Waals surface area contributed by atoms with Crippen molar-refractivity contribution in [3.05, 3.63) is 29.8 Å². The summed E-state index contributed by atoms with van der Waals surface area (Å²) in [6, 6.07) is 5.71. The summed E-state index contributed by atoms with van der Waals surface area (Å²) in [7, 11) is 1.54. The Balaban J connectivity index is 0. The molecule has 0 aromatic heterocycles. The average molecular weight is 421 g/mol. The molecule has 1 aromatic carbocycles. The van der Waals surface area contributed by atoms with Crippen LogP contribution in [0.2, 0.25) is 0 Å². The molecule has 0 saturated heterocycles. The number of benzene rings is 1. The normalized spacial score (nSPS) is 13.0. The van der Waals surface area contributed by atoms with Crippen molar-refractivity contribution >= 4 is 48.3 Å². The Bertz CT molecular complexity index is 638. The summed E-state index contributed by atoms with van der Waals surface area (Å²) in [6.45, 7) is 3.86. The maximum Gasteiger partial charge on any atom is 0.242 e. The van der Waals surface area contributed by atoms with E-state index in [2.05, 4.69) is 15.6 Å². The summed E-state index contributed by atoms with van der Waals surface area (Å²) in [5, 5.41) is 5.30. The van der Waals surface area contributed by atoms with E-state index < -0.39 is 18.0 Å². The molecule has 154 valence electrons. The first-order valence-electron chi connectivity index (χ1n) is 8.25. The number of halogens is 2. The Morgan fingerprint density at radius 2 is 1.74 bits per heavy atom. The van der Waals surface area contributed by atoms with Gasteiger partial charge >= 0.3 is 0 Å². The highest BCUT2D eigenvalue weighted by Gasteiger charge is 2.27. The van der Waals surface area contributed by atoms with Crippen LogP contribution >= 0.6 is 24.8 Å². The number of carbonyl (C=O) groups is 2. The first-order chi connectivity index (χ1) is 11.8. The van der Waals surface area contributed by atoms with E-state index in [0.717, 1.165) is 12.0 Å². The minimum atomic E-state index is -0.827. The molecule has 0 bridgehead atoms. The lowest BCUT2D eigenvalue weighted by molar-refractivity contribution is -0.130. The van der Waals surface area contributed by atoms with Crippen LogP contribution in [-0.2, 0) is 16.0 Å². The number of likely N-dealkylation sites (N-methyl/N-ethyl adjacent to an activating group) is 1. The van der Waals surface area contributed by atoms with Gasteiger partial charge in [0.25, 0.3) is 0 Å². The molecule has 0 fully saturated rings. The minimum Gasteiger partial charge on any atom is -0.370 e. The lowest BCUT2D eigenvalue weighted by Crippen LogP contribution is -2.54. The van der Waals surface area contributed by atoms with E-state index in [1.165, 1.54) is 7.05 Å². The van der Waals surface area contributed by atoms with Crippen molar-refractivity contribution in [2.24, 2.45) is 28.1 Å². The third-order valence-electron chi connectivity index (χ3n) is 4.06. The highest BCUT2D eigenvalue weighted by Crippen LogP contribution is 2.20. The van der Waals surface area contributed by atoms with Crippen molar-refractivity contribution in [2.75, 3.05) is 7.05 Å². The second-order valence-electron chi connectivity index (χ2n) is 5.96. The van der Waals surface area contributed by atoms with Crippen LogP contribution in [0.3, 0.4) is 0 Å². The fourth-order valence-electron chi connectivity index (χ4n) is 2.38. The molecular formula is C17H30Cl2N6O2. The number of nitrogens with one attached hydrogen (secondary N) is 2. The Morgan fingerprint density at radius 1 is 1.15 bits per heavy atom. The van der Waals surface area contributed by atoms with Gasteiger partial charge in [0, 0.05) is 7.05 Å². The predicted octanol–water partition coefficient (Wildman–Crippen LogP) is 0.582. The van der Waals surface area contributed by atoms with E-state index in [9.17, 15) is 9.59 Å². The SMILES string of the molecule is CC[C@H](C)[C@H](NC(=O)[C@@H](N)Cc1ccccc1N=C(N)N)C(=O)NC.Cl.Cl. The van der Waals surface area contributed by atoms with E-state index in [-0.39, 0.29) is 49.0 Å². The molecule has 0 unspecified atom stereocenters. The Hall–Kier alpha value is -2.03. The molecule has 0 radical (unpaired) electrons. The fraction of sp³-hybridized carbons (Fsp3) is 0.471. The molecule has 8 nitrogen and oxygen atoms in total. The first kappa shape index (κ1) is 27.2. The third-order valence-corrected chi connectivity index (χ3v) is 4.06. The van der Waals surface area contributed by atoms with Gasteiger partial charge in [-0.1, -0.05) is 38.5 Å². The predicted molar refractivity (Wildman–Crippen MR) is 114 cm³/mol. The van der Waals surface area contributed by atoms with Crippen LogP contribution in [0.1, 0.15) is 25.8 Å². The lowest BCUT2D eigenvalue weighted by Gasteiger charge is -2.24. The van der Waals surface area contributed by atoms with E-state index in [0.29, 0.717) is 5.69 Å². The van der Waals surface area contributed by atoms with Crippen LogP contribution in [0.15, 0.2) is 29.3 Å². The van der Waals surface area contributed by atoms with E-state index >= 15 is 0 Å². The summed E-state index contributed by atoms with van der Waals surface area (Å²) in [5.74, 6) is -0.712. The zero-order valence-electron chi connectivity index (χ0n) is 15.8. The number of aliphatic imine (C=N–C) groups is 1. The van der Waals surface area contributed by atoms with E-state index in [4.69, 9.17) is 17.2 Å². The maximum atomic E-state index is 12.4. The van der Waals surface area contributed by atoms with Crippen molar-refractivity contribution in [1.29, 1.82) is 0 Å². The van der Waals surface area contributed by atoms with Gasteiger partial charge in [0.15, 0.2) is 5.96 Å². The van der Waals surface area contributed by atoms with Crippen LogP contribution in [0.4, 0.5) is 5.69 Å². The van der Waals surface area contributed by atoms with Crippen LogP contribution < -0.4 is 27.8 Å². The number of hydrogen-bond acceptors (Lipinski definition) is 4. The highest BCUT2D eigenvalue weighted by molar-refractivity contribution is 5.90. The smallest absolute Gasteiger partial charge is 0.242 e. The molecule has 27 heavy (non-hydrogen) atoms. The summed E-state index contributed by atoms with van der Waals surface area (Å²) < 4.78 is 0. The number of amides is 2. The summed E-state index contributed by atoms with van der Waals surface area (Å²) >= 11 is 0. The number of carbonyl (C=O) groups excluding carboxylic acids is 2. The van der Waals surface area contributed by atoms with Crippen molar-refractivity contribution in [3.8, 4) is 0 Å². The number of hydrogen-bond donors (Lipinski definition) is 5. The molecule has 0 aliphatic rings. The van der Waals surface area contributed by atoms with Gasteiger partial charge in [0.1, 0.15) is 6.04 Å². The Labute approximate surface area is 172 Å². The Kier molecular flexibility index (Phi) is 13.3. The van der Waals surface area contributed by atoms with Gasteiger partial charge in [-0.3, -0.25) is 9.59 Å². The van der Waals surface area contributed by atoms with E-state index in [1.807, 2.05) is 19.9 Å². The molecule has 1 aromatic rings. The molecule has 0 saturated carbocycles. The van der Waals surface area contributed by atoms with Gasteiger partial charge in [-0.2, -0.15) is 0 Å². The number of guanidine groups is 1. The molecule has 0 aliphatic heterocycles. The van der Waals surface area contributed by atoms with Crippen molar-refractivity contribution in [1.82, 2.24) is 10.6 Å². The first-order valence-corrected chi connectivity index (χ1v) is 8.25. The summed E-state index contributed by atoms with van der Waals surface area (Å²) in [6.07, 6.45) is 1.00. The van der Waals surface area contributed by atoms with E-state index in [1.54, 1.807) is 18.2 Å². The van der Waals surface area contributed by atoms with Gasteiger partial charge in [0.2, 0.25) is 11.8 Å². The molecule has 0 heterocycles. The molecule has 8 N–H and O–H groups in total. The standard InChI is InChI=1S/C17H28N6O2.2ClH/c1-4-10(2)14(16(25)21-3)23-15(24)12(18)9-11-7-5-6-8-13(11)22-17(19)20;;/h5-8,10,12,14H,4,9,18H2,1-3H3,(H,21,25)(H,23,24)(H4,19,20,22);2*1H/t10-,12-,14-;;/m0../s1. The molecule has 3 atom stereocenters. The number of nitrogens with zero attached hydrogens (tertiary/aromatic N) is 1. The molecule has 1 rings (SSSR count). The van der Waals surface area contributed by atoms with Crippen LogP contribution in [-0.4, -0.2) is 36.9 Å². The quantitative estimate of drug-likeness (QED) is 0.308. The number of para-hydroxylation sites is 1. The average Bonchev–Trinajstić information content (AvgIpc) is 2.59. The zero-order valence-corrected chi connectivity index (χ0v) is 17.4. The van der Waals surface area contributed by atoms with Gasteiger partial charge in [0.05, 0.1) is 11.7 Å². The molecule has 0 spiro atoms. The van der Waals surface area contributed by atoms with Crippen LogP contribution in [0.5, 0.6) is 0 Å². The second kappa shape index (κ2) is 13.2. The second-order valence-corrected chi connectivity index (χ2v) is 5.96. The van der Waals surface area contributed by atoms with Crippen LogP contribution in [0.25, 0.3) is 0 Å². The number of rotatable bonds is 8. The minimum absolute atomic E-state index is 0. The van der Waals surface area contributed by atoms with Gasteiger partial charge in [-0.25, -0.2) is 4.99 Å². The molecule has 0 aliphatic carbocycles. The van der Waals surface area contributed by atoms with Crippen molar-refractivity contribution in [2.45, 2.75) is 38.8 Å². The third kappa shape index (κ3) is 8.47. The lowest BCUT2D eigenvalue weighted by atomic mass is 9.97. The Morgan fingerprint density at radius 3 is 2.26 bits per heavy atom. The highest BCUT2D eigenvalue weighted by atomic mass is 35.5. The van der Waals surface area contributed by atoms with Crippen molar-refractivity contribution < 1.29 is 9.59 Å². The summed E-state index contributed by atoms with van der Waals surface area (Å²) in [5.41, 5.74) is 18.2. The fourth-order valence-corrected chi connectivity index (χ4v) is 2.38. The van der Waals surface area contributed by atoms with Crippen LogP contribution in [0, 0.1) is 5.92 Å². The monoisotopic (exact) mass is 420 g/mol. The maximum absolute atomic E-state index is 12.4. The van der Waals surface area contributed by atoms with Crippen molar-refractivity contribution in [3.63, 3.8) is 0 Å². The van der Waals surface area contributed by atoms with Gasteiger partial charge < -0.3 is 27.8 Å². The zero-order chi connectivity index (χ0) is 19.0. The molecule has 10 heteroatoms. The molecular weight excluding hydrogens is 391 g/mol. The molecule has 2 amide bonds. The largest absolute Gasteiger partial charge is 0.370 e. The number of nitrogens with two attached hydrogens (primary N) is 3. The van der Waals surface area contributed by atoms with Gasteiger partial charge in [-0.05, 0) is 24.0 Å². The topological polar surface area (TPSA) is 149 Å². The van der Waals surface area contributed by atoms with Gasteiger partial charge in [-0.15, -0.1) is 24.8 Å².